The molecule has 5 rings (SSSR count). The zero-order chi connectivity index (χ0) is 27.2. The van der Waals surface area contributed by atoms with Gasteiger partial charge in [0.05, 0.1) is 17.1 Å². The molecule has 2 heterocycles. The molecular formula is C32H34ClN3O2S. The fourth-order valence-electron chi connectivity index (χ4n) is 5.32. The van der Waals surface area contributed by atoms with Crippen molar-refractivity contribution in [2.24, 2.45) is 5.92 Å². The third kappa shape index (κ3) is 7.13. The summed E-state index contributed by atoms with van der Waals surface area (Å²) in [6, 6.07) is 23.0. The van der Waals surface area contributed by atoms with Crippen LogP contribution in [0.4, 0.5) is 5.69 Å². The Morgan fingerprint density at radius 1 is 1.10 bits per heavy atom. The van der Waals surface area contributed by atoms with E-state index in [1.807, 2.05) is 78.9 Å². The van der Waals surface area contributed by atoms with Crippen molar-refractivity contribution in [3.05, 3.63) is 99.4 Å². The second-order valence-electron chi connectivity index (χ2n) is 10.4. The van der Waals surface area contributed by atoms with Crippen LogP contribution in [0.2, 0.25) is 5.02 Å². The molecule has 7 heteroatoms. The lowest BCUT2D eigenvalue weighted by molar-refractivity contribution is -0.114. The molecule has 39 heavy (non-hydrogen) atoms. The van der Waals surface area contributed by atoms with E-state index in [2.05, 4.69) is 17.3 Å². The van der Waals surface area contributed by atoms with E-state index in [4.69, 9.17) is 11.6 Å². The predicted octanol–water partition coefficient (Wildman–Crippen LogP) is 6.87. The van der Waals surface area contributed by atoms with Crippen LogP contribution in [0.1, 0.15) is 47.2 Å². The summed E-state index contributed by atoms with van der Waals surface area (Å²) in [5.74, 6) is 0.631. The first-order valence-electron chi connectivity index (χ1n) is 13.6. The second kappa shape index (κ2) is 12.9. The van der Waals surface area contributed by atoms with E-state index in [1.54, 1.807) is 4.90 Å². The second-order valence-corrected chi connectivity index (χ2v) is 11.9. The highest BCUT2D eigenvalue weighted by Gasteiger charge is 2.29. The van der Waals surface area contributed by atoms with Crippen LogP contribution in [0.3, 0.4) is 0 Å². The lowest BCUT2D eigenvalue weighted by Crippen LogP contribution is -2.33. The maximum absolute atomic E-state index is 13.6. The highest BCUT2D eigenvalue weighted by molar-refractivity contribution is 8.04. The highest BCUT2D eigenvalue weighted by atomic mass is 35.5. The average Bonchev–Trinajstić information content (AvgIpc) is 2.94. The molecule has 2 amide bonds. The van der Waals surface area contributed by atoms with Gasteiger partial charge in [0.2, 0.25) is 0 Å². The van der Waals surface area contributed by atoms with E-state index in [0.29, 0.717) is 28.6 Å². The van der Waals surface area contributed by atoms with E-state index >= 15 is 0 Å². The molecule has 2 aliphatic rings. The molecule has 1 saturated heterocycles. The third-order valence-corrected chi connectivity index (χ3v) is 8.64. The van der Waals surface area contributed by atoms with Gasteiger partial charge in [-0.25, -0.2) is 0 Å². The summed E-state index contributed by atoms with van der Waals surface area (Å²) in [7, 11) is 2.19. The van der Waals surface area contributed by atoms with Gasteiger partial charge in [0, 0.05) is 28.6 Å². The number of hydrogen-bond donors (Lipinski definition) is 1. The van der Waals surface area contributed by atoms with Crippen LogP contribution >= 0.6 is 23.4 Å². The zero-order valence-corrected chi connectivity index (χ0v) is 23.8. The maximum Gasteiger partial charge on any atom is 0.265 e. The quantitative estimate of drug-likeness (QED) is 0.242. The first-order valence-corrected chi connectivity index (χ1v) is 14.8. The molecule has 0 radical (unpaired) electrons. The molecule has 0 aliphatic carbocycles. The molecule has 0 saturated carbocycles. The van der Waals surface area contributed by atoms with E-state index in [0.717, 1.165) is 47.0 Å². The standard InChI is InChI=1S/C32H34ClN3O2S/c1-35-18-6-9-24(21-35)8-5-17-34-31(37)26-15-13-23(14-16-26)20-30-32(38)36(22-25-7-4-10-27(33)19-25)28-11-2-3-12-29(28)39-30/h2-4,7,10-16,19-20,24H,5-6,8-9,17-18,21-22H2,1H3,(H,34,37)/b30-20+. The Balaban J connectivity index is 1.22. The number of nitrogens with zero attached hydrogens (tertiary/aromatic N) is 2. The maximum atomic E-state index is 13.6. The summed E-state index contributed by atoms with van der Waals surface area (Å²) in [4.78, 5) is 32.1. The Morgan fingerprint density at radius 2 is 1.92 bits per heavy atom. The van der Waals surface area contributed by atoms with Crippen molar-refractivity contribution >= 4 is 46.9 Å². The number of rotatable bonds is 8. The van der Waals surface area contributed by atoms with Crippen LogP contribution in [0.15, 0.2) is 82.6 Å². The smallest absolute Gasteiger partial charge is 0.265 e. The van der Waals surface area contributed by atoms with Crippen LogP contribution in [0, 0.1) is 5.92 Å². The number of carbonyl (C=O) groups excluding carboxylic acids is 2. The van der Waals surface area contributed by atoms with Gasteiger partial charge < -0.3 is 15.1 Å². The molecule has 0 bridgehead atoms. The molecule has 3 aromatic rings. The first-order chi connectivity index (χ1) is 19.0. The number of piperidine rings is 1. The third-order valence-electron chi connectivity index (χ3n) is 7.33. The summed E-state index contributed by atoms with van der Waals surface area (Å²) in [6.45, 7) is 3.49. The Hall–Kier alpha value is -3.06. The predicted molar refractivity (Wildman–Crippen MR) is 161 cm³/mol. The van der Waals surface area contributed by atoms with Crippen LogP contribution in [-0.4, -0.2) is 43.4 Å². The molecule has 0 aromatic heterocycles. The summed E-state index contributed by atoms with van der Waals surface area (Å²) in [5, 5.41) is 3.71. The Labute approximate surface area is 240 Å². The molecule has 3 aromatic carbocycles. The number of hydrogen-bond acceptors (Lipinski definition) is 4. The number of fused-ring (bicyclic) bond motifs is 1. The largest absolute Gasteiger partial charge is 0.352 e. The van der Waals surface area contributed by atoms with Crippen LogP contribution in [0.25, 0.3) is 6.08 Å². The molecule has 2 aliphatic heterocycles. The lowest BCUT2D eigenvalue weighted by atomic mass is 9.94. The zero-order valence-electron chi connectivity index (χ0n) is 22.2. The molecule has 1 atom stereocenters. The molecule has 0 spiro atoms. The van der Waals surface area contributed by atoms with E-state index in [1.165, 1.54) is 31.1 Å². The summed E-state index contributed by atoms with van der Waals surface area (Å²) in [6.07, 6.45) is 6.62. The van der Waals surface area contributed by atoms with Gasteiger partial charge in [0.25, 0.3) is 11.8 Å². The van der Waals surface area contributed by atoms with Crippen LogP contribution in [-0.2, 0) is 11.3 Å². The number of thioether (sulfide) groups is 1. The number of carbonyl (C=O) groups is 2. The highest BCUT2D eigenvalue weighted by Crippen LogP contribution is 2.42. The number of nitrogens with one attached hydrogen (secondary N) is 1. The summed E-state index contributed by atoms with van der Waals surface area (Å²) in [5.41, 5.74) is 3.38. The molecule has 1 fully saturated rings. The van der Waals surface area contributed by atoms with Gasteiger partial charge in [-0.3, -0.25) is 9.59 Å². The number of likely N-dealkylation sites (tertiary alicyclic amines) is 1. The monoisotopic (exact) mass is 559 g/mol. The van der Waals surface area contributed by atoms with Crippen molar-refractivity contribution in [1.82, 2.24) is 10.2 Å². The SMILES string of the molecule is CN1CCCC(CCCNC(=O)c2ccc(/C=C3/Sc4ccccc4N(Cc4cccc(Cl)c4)C3=O)cc2)C1. The minimum Gasteiger partial charge on any atom is -0.352 e. The molecule has 5 nitrogen and oxygen atoms in total. The van der Waals surface area contributed by atoms with Gasteiger partial charge in [-0.2, -0.15) is 0 Å². The van der Waals surface area contributed by atoms with E-state index < -0.39 is 0 Å². The van der Waals surface area contributed by atoms with Gasteiger partial charge >= 0.3 is 0 Å². The first kappa shape index (κ1) is 27.5. The lowest BCUT2D eigenvalue weighted by Gasteiger charge is -2.30. The number of anilines is 1. The summed E-state index contributed by atoms with van der Waals surface area (Å²) >= 11 is 7.67. The molecule has 1 unspecified atom stereocenters. The number of para-hydroxylation sites is 1. The molecular weight excluding hydrogens is 526 g/mol. The van der Waals surface area contributed by atoms with Gasteiger partial charge in [0.1, 0.15) is 0 Å². The van der Waals surface area contributed by atoms with Crippen molar-refractivity contribution in [1.29, 1.82) is 0 Å². The van der Waals surface area contributed by atoms with E-state index in [-0.39, 0.29) is 11.8 Å². The number of halogens is 1. The normalized spacial score (nSPS) is 18.7. The van der Waals surface area contributed by atoms with Crippen molar-refractivity contribution in [2.45, 2.75) is 37.1 Å². The van der Waals surface area contributed by atoms with Crippen LogP contribution in [0.5, 0.6) is 0 Å². The Bertz CT molecular complexity index is 1360. The van der Waals surface area contributed by atoms with Crippen molar-refractivity contribution < 1.29 is 9.59 Å². The van der Waals surface area contributed by atoms with Gasteiger partial charge in [-0.1, -0.05) is 59.8 Å². The number of amides is 2. The summed E-state index contributed by atoms with van der Waals surface area (Å²) < 4.78 is 0. The van der Waals surface area contributed by atoms with Crippen molar-refractivity contribution in [3.63, 3.8) is 0 Å². The molecule has 1 N–H and O–H groups in total. The van der Waals surface area contributed by atoms with Crippen molar-refractivity contribution in [3.8, 4) is 0 Å². The van der Waals surface area contributed by atoms with Crippen molar-refractivity contribution in [2.75, 3.05) is 31.6 Å². The van der Waals surface area contributed by atoms with E-state index in [9.17, 15) is 9.59 Å². The minimum atomic E-state index is -0.0558. The van der Waals surface area contributed by atoms with Gasteiger partial charge in [0.15, 0.2) is 0 Å². The average molecular weight is 560 g/mol. The fraction of sp³-hybridized carbons (Fsp3) is 0.312. The Morgan fingerprint density at radius 3 is 2.72 bits per heavy atom. The number of benzene rings is 3. The topological polar surface area (TPSA) is 52.7 Å². The van der Waals surface area contributed by atoms with Gasteiger partial charge in [-0.15, -0.1) is 0 Å². The van der Waals surface area contributed by atoms with Gasteiger partial charge in [-0.05, 0) is 98.8 Å². The minimum absolute atomic E-state index is 0.0512. The molecule has 202 valence electrons. The fourth-order valence-corrected chi connectivity index (χ4v) is 6.59. The van der Waals surface area contributed by atoms with Crippen LogP contribution < -0.4 is 10.2 Å². The Kier molecular flexibility index (Phi) is 9.07.